The summed E-state index contributed by atoms with van der Waals surface area (Å²) in [5.41, 5.74) is 0.434. The predicted molar refractivity (Wildman–Crippen MR) is 54.0 cm³/mol. The first-order valence-corrected chi connectivity index (χ1v) is 5.35. The van der Waals surface area contributed by atoms with E-state index in [0.29, 0.717) is 5.56 Å². The summed E-state index contributed by atoms with van der Waals surface area (Å²) < 4.78 is 26.8. The summed E-state index contributed by atoms with van der Waals surface area (Å²) in [5.74, 6) is -0.757. The number of rotatable bonds is 1. The van der Waals surface area contributed by atoms with E-state index in [2.05, 4.69) is 21.2 Å². The molecule has 1 N–H and O–H groups in total. The maximum absolute atomic E-state index is 13.4. The van der Waals surface area contributed by atoms with E-state index in [1.807, 2.05) is 0 Å². The van der Waals surface area contributed by atoms with Crippen molar-refractivity contribution in [2.45, 2.75) is 18.9 Å². The molecule has 2 rings (SSSR count). The molecule has 1 heterocycles. The molecule has 0 spiro atoms. The molecule has 4 heteroatoms. The third-order valence-corrected chi connectivity index (χ3v) is 3.08. The molecule has 0 saturated carbocycles. The molecule has 1 nitrogen and oxygen atoms in total. The molecule has 0 bridgehead atoms. The van der Waals surface area contributed by atoms with Crippen LogP contribution in [0.5, 0.6) is 0 Å². The molecule has 0 amide bonds. The van der Waals surface area contributed by atoms with Crippen LogP contribution in [0.15, 0.2) is 16.6 Å². The Morgan fingerprint density at radius 3 is 2.71 bits per heavy atom. The van der Waals surface area contributed by atoms with Gasteiger partial charge in [-0.05, 0) is 47.4 Å². The smallest absolute Gasteiger partial charge is 0.137 e. The topological polar surface area (TPSA) is 12.0 Å². The number of hydrogen-bond acceptors (Lipinski definition) is 1. The minimum atomic E-state index is -0.407. The molecule has 0 radical (unpaired) electrons. The van der Waals surface area contributed by atoms with Gasteiger partial charge < -0.3 is 5.32 Å². The van der Waals surface area contributed by atoms with Crippen molar-refractivity contribution in [1.82, 2.24) is 5.32 Å². The average molecular weight is 262 g/mol. The van der Waals surface area contributed by atoms with Gasteiger partial charge in [0.15, 0.2) is 0 Å². The van der Waals surface area contributed by atoms with Gasteiger partial charge in [-0.2, -0.15) is 0 Å². The lowest BCUT2D eigenvalue weighted by atomic mass is 10.0. The Hall–Kier alpha value is -0.480. The summed E-state index contributed by atoms with van der Waals surface area (Å²) in [6.45, 7) is 0.877. The van der Waals surface area contributed by atoms with E-state index >= 15 is 0 Å². The van der Waals surface area contributed by atoms with Gasteiger partial charge in [0.1, 0.15) is 11.6 Å². The van der Waals surface area contributed by atoms with Crippen LogP contribution in [0.2, 0.25) is 0 Å². The van der Waals surface area contributed by atoms with Crippen LogP contribution in [0.1, 0.15) is 24.4 Å². The molecule has 0 aromatic heterocycles. The fraction of sp³-hybridized carbons (Fsp3) is 0.400. The summed E-state index contributed by atoms with van der Waals surface area (Å²) in [6, 6.07) is 2.42. The van der Waals surface area contributed by atoms with Crippen molar-refractivity contribution in [3.8, 4) is 0 Å². The van der Waals surface area contributed by atoms with Gasteiger partial charge in [0.2, 0.25) is 0 Å². The van der Waals surface area contributed by atoms with E-state index in [0.717, 1.165) is 19.4 Å². The molecule has 1 fully saturated rings. The third-order valence-electron chi connectivity index (χ3n) is 2.48. The molecule has 1 aliphatic rings. The van der Waals surface area contributed by atoms with E-state index in [1.165, 1.54) is 12.1 Å². The highest BCUT2D eigenvalue weighted by Crippen LogP contribution is 2.28. The van der Waals surface area contributed by atoms with Gasteiger partial charge in [-0.1, -0.05) is 0 Å². The molecule has 14 heavy (non-hydrogen) atoms. The van der Waals surface area contributed by atoms with Crippen LogP contribution in [0, 0.1) is 11.6 Å². The molecule has 1 unspecified atom stereocenters. The largest absolute Gasteiger partial charge is 0.310 e. The zero-order valence-electron chi connectivity index (χ0n) is 7.49. The Morgan fingerprint density at radius 2 is 2.07 bits per heavy atom. The monoisotopic (exact) mass is 261 g/mol. The highest BCUT2D eigenvalue weighted by atomic mass is 79.9. The molecular formula is C10H10BrF2N. The van der Waals surface area contributed by atoms with E-state index in [1.54, 1.807) is 0 Å². The van der Waals surface area contributed by atoms with Crippen LogP contribution in [-0.4, -0.2) is 6.54 Å². The Bertz CT molecular complexity index is 348. The minimum Gasteiger partial charge on any atom is -0.310 e. The van der Waals surface area contributed by atoms with Gasteiger partial charge in [-0.15, -0.1) is 0 Å². The second kappa shape index (κ2) is 3.95. The Labute approximate surface area is 89.6 Å². The molecule has 1 atom stereocenters. The van der Waals surface area contributed by atoms with Gasteiger partial charge in [-0.3, -0.25) is 0 Å². The van der Waals surface area contributed by atoms with Crippen LogP contribution >= 0.6 is 15.9 Å². The zero-order chi connectivity index (χ0) is 10.1. The Morgan fingerprint density at radius 1 is 1.29 bits per heavy atom. The standard InChI is InChI=1S/C10H10BrF2N/c11-7-5-8(12)6(4-9(7)13)10-2-1-3-14-10/h4-5,10,14H,1-3H2. The van der Waals surface area contributed by atoms with Crippen molar-refractivity contribution in [1.29, 1.82) is 0 Å². The maximum Gasteiger partial charge on any atom is 0.137 e. The van der Waals surface area contributed by atoms with Crippen molar-refractivity contribution < 1.29 is 8.78 Å². The highest BCUT2D eigenvalue weighted by molar-refractivity contribution is 9.10. The minimum absolute atomic E-state index is 0.0300. The van der Waals surface area contributed by atoms with Crippen molar-refractivity contribution in [3.63, 3.8) is 0 Å². The SMILES string of the molecule is Fc1cc(C2CCCN2)c(F)cc1Br. The van der Waals surface area contributed by atoms with Crippen LogP contribution in [-0.2, 0) is 0 Å². The molecular weight excluding hydrogens is 252 g/mol. The molecule has 1 saturated heterocycles. The van der Waals surface area contributed by atoms with Gasteiger partial charge in [0.25, 0.3) is 0 Å². The van der Waals surface area contributed by atoms with Crippen LogP contribution < -0.4 is 5.32 Å². The van der Waals surface area contributed by atoms with Crippen LogP contribution in [0.25, 0.3) is 0 Å². The summed E-state index contributed by atoms with van der Waals surface area (Å²) >= 11 is 2.95. The number of halogens is 3. The molecule has 1 aromatic rings. The van der Waals surface area contributed by atoms with Crippen molar-refractivity contribution in [2.24, 2.45) is 0 Å². The summed E-state index contributed by atoms with van der Waals surface area (Å²) in [6.07, 6.45) is 1.89. The number of benzene rings is 1. The quantitative estimate of drug-likeness (QED) is 0.766. The van der Waals surface area contributed by atoms with Crippen molar-refractivity contribution in [2.75, 3.05) is 6.54 Å². The normalized spacial score (nSPS) is 21.5. The number of nitrogens with one attached hydrogen (secondary N) is 1. The van der Waals surface area contributed by atoms with Gasteiger partial charge >= 0.3 is 0 Å². The predicted octanol–water partition coefficient (Wildman–Crippen LogP) is 3.15. The van der Waals surface area contributed by atoms with Crippen molar-refractivity contribution >= 4 is 15.9 Å². The third kappa shape index (κ3) is 1.81. The highest BCUT2D eigenvalue weighted by Gasteiger charge is 2.20. The van der Waals surface area contributed by atoms with E-state index in [-0.39, 0.29) is 16.3 Å². The average Bonchev–Trinajstić information content (AvgIpc) is 2.64. The molecule has 1 aliphatic heterocycles. The van der Waals surface area contributed by atoms with Gasteiger partial charge in [-0.25, -0.2) is 8.78 Å². The first-order chi connectivity index (χ1) is 6.68. The first kappa shape index (κ1) is 10.1. The Kier molecular flexibility index (Phi) is 2.83. The first-order valence-electron chi connectivity index (χ1n) is 4.56. The lowest BCUT2D eigenvalue weighted by Gasteiger charge is -2.12. The Balaban J connectivity index is 2.37. The van der Waals surface area contributed by atoms with Crippen LogP contribution in [0.4, 0.5) is 8.78 Å². The van der Waals surface area contributed by atoms with E-state index in [4.69, 9.17) is 0 Å². The lowest BCUT2D eigenvalue weighted by Crippen LogP contribution is -2.14. The summed E-state index contributed by atoms with van der Waals surface area (Å²) in [5, 5.41) is 3.14. The molecule has 76 valence electrons. The summed E-state index contributed by atoms with van der Waals surface area (Å²) in [4.78, 5) is 0. The second-order valence-corrected chi connectivity index (χ2v) is 4.29. The van der Waals surface area contributed by atoms with Crippen LogP contribution in [0.3, 0.4) is 0 Å². The number of hydrogen-bond donors (Lipinski definition) is 1. The van der Waals surface area contributed by atoms with Gasteiger partial charge in [0.05, 0.1) is 4.47 Å². The summed E-state index contributed by atoms with van der Waals surface area (Å²) in [7, 11) is 0. The zero-order valence-corrected chi connectivity index (χ0v) is 9.07. The van der Waals surface area contributed by atoms with E-state index in [9.17, 15) is 8.78 Å². The fourth-order valence-electron chi connectivity index (χ4n) is 1.75. The second-order valence-electron chi connectivity index (χ2n) is 3.44. The lowest BCUT2D eigenvalue weighted by molar-refractivity contribution is 0.541. The molecule has 1 aromatic carbocycles. The van der Waals surface area contributed by atoms with E-state index < -0.39 is 5.82 Å². The molecule has 0 aliphatic carbocycles. The maximum atomic E-state index is 13.4. The van der Waals surface area contributed by atoms with Gasteiger partial charge in [0, 0.05) is 11.6 Å². The van der Waals surface area contributed by atoms with Crippen molar-refractivity contribution in [3.05, 3.63) is 33.8 Å². The fourth-order valence-corrected chi connectivity index (χ4v) is 2.07.